The monoisotopic (exact) mass is 351 g/mol. The van der Waals surface area contributed by atoms with Crippen LogP contribution in [0.1, 0.15) is 37.9 Å². The number of likely N-dealkylation sites (tertiary alicyclic amines) is 1. The van der Waals surface area contributed by atoms with Crippen molar-refractivity contribution in [3.05, 3.63) is 16.1 Å². The van der Waals surface area contributed by atoms with Crippen molar-refractivity contribution in [1.29, 1.82) is 0 Å². The van der Waals surface area contributed by atoms with Gasteiger partial charge in [-0.2, -0.15) is 0 Å². The first-order valence-corrected chi connectivity index (χ1v) is 9.62. The van der Waals surface area contributed by atoms with Crippen molar-refractivity contribution in [3.8, 4) is 0 Å². The van der Waals surface area contributed by atoms with E-state index in [4.69, 9.17) is 0 Å². The minimum Gasteiger partial charge on any atom is -0.357 e. The first kappa shape index (κ1) is 18.7. The third-order valence-corrected chi connectivity index (χ3v) is 4.81. The molecule has 134 valence electrons. The van der Waals surface area contributed by atoms with Gasteiger partial charge in [0.15, 0.2) is 5.96 Å². The van der Waals surface area contributed by atoms with Gasteiger partial charge in [0, 0.05) is 49.9 Å². The number of amides is 1. The SMILES string of the molecule is CCNC(=NCCc1csc(C)n1)NC1CCN(C(=O)C(C)C)C1. The number of carbonyl (C=O) groups is 1. The molecule has 1 saturated heterocycles. The van der Waals surface area contributed by atoms with E-state index in [1.165, 1.54) is 0 Å². The molecule has 24 heavy (non-hydrogen) atoms. The van der Waals surface area contributed by atoms with Gasteiger partial charge >= 0.3 is 0 Å². The van der Waals surface area contributed by atoms with Crippen molar-refractivity contribution < 1.29 is 4.79 Å². The molecule has 1 aliphatic rings. The molecule has 1 aromatic heterocycles. The zero-order valence-electron chi connectivity index (χ0n) is 15.1. The Bertz CT molecular complexity index is 569. The maximum atomic E-state index is 12.1. The molecule has 6 nitrogen and oxygen atoms in total. The molecule has 7 heteroatoms. The fourth-order valence-electron chi connectivity index (χ4n) is 2.76. The highest BCUT2D eigenvalue weighted by molar-refractivity contribution is 7.09. The lowest BCUT2D eigenvalue weighted by atomic mass is 10.2. The van der Waals surface area contributed by atoms with Crippen LogP contribution in [0.15, 0.2) is 10.4 Å². The van der Waals surface area contributed by atoms with Crippen molar-refractivity contribution >= 4 is 23.2 Å². The van der Waals surface area contributed by atoms with Gasteiger partial charge in [0.2, 0.25) is 5.91 Å². The normalized spacial score (nSPS) is 18.3. The summed E-state index contributed by atoms with van der Waals surface area (Å²) in [5.41, 5.74) is 1.10. The van der Waals surface area contributed by atoms with Crippen LogP contribution in [0.2, 0.25) is 0 Å². The van der Waals surface area contributed by atoms with Crippen LogP contribution in [0, 0.1) is 12.8 Å². The molecule has 1 amide bonds. The molecule has 2 rings (SSSR count). The quantitative estimate of drug-likeness (QED) is 0.606. The number of aliphatic imine (C=N–C) groups is 1. The van der Waals surface area contributed by atoms with Gasteiger partial charge in [0.1, 0.15) is 0 Å². The Labute approximate surface area is 148 Å². The Kier molecular flexibility index (Phi) is 7.02. The molecule has 1 fully saturated rings. The molecule has 0 radical (unpaired) electrons. The summed E-state index contributed by atoms with van der Waals surface area (Å²) in [5.74, 6) is 1.13. The van der Waals surface area contributed by atoms with E-state index in [1.807, 2.05) is 25.7 Å². The fraction of sp³-hybridized carbons (Fsp3) is 0.706. The Morgan fingerprint density at radius 1 is 1.54 bits per heavy atom. The number of carbonyl (C=O) groups excluding carboxylic acids is 1. The maximum Gasteiger partial charge on any atom is 0.225 e. The van der Waals surface area contributed by atoms with Crippen LogP contribution < -0.4 is 10.6 Å². The third kappa shape index (κ3) is 5.47. The van der Waals surface area contributed by atoms with Crippen LogP contribution in [-0.4, -0.2) is 54.0 Å². The minimum atomic E-state index is 0.0622. The summed E-state index contributed by atoms with van der Waals surface area (Å²) in [5, 5.41) is 9.94. The van der Waals surface area contributed by atoms with Crippen molar-refractivity contribution in [2.75, 3.05) is 26.2 Å². The molecule has 1 aliphatic heterocycles. The summed E-state index contributed by atoms with van der Waals surface area (Å²) < 4.78 is 0. The van der Waals surface area contributed by atoms with Crippen LogP contribution >= 0.6 is 11.3 Å². The molecule has 0 spiro atoms. The van der Waals surface area contributed by atoms with E-state index < -0.39 is 0 Å². The first-order chi connectivity index (χ1) is 11.5. The number of hydrogen-bond acceptors (Lipinski definition) is 4. The second-order valence-electron chi connectivity index (χ2n) is 6.44. The van der Waals surface area contributed by atoms with Crippen LogP contribution in [0.25, 0.3) is 0 Å². The lowest BCUT2D eigenvalue weighted by molar-refractivity contribution is -0.133. The van der Waals surface area contributed by atoms with Crippen LogP contribution in [0.4, 0.5) is 0 Å². The highest BCUT2D eigenvalue weighted by atomic mass is 32.1. The van der Waals surface area contributed by atoms with Crippen molar-refractivity contribution in [2.45, 2.75) is 46.6 Å². The van der Waals surface area contributed by atoms with Gasteiger partial charge in [0.05, 0.1) is 10.7 Å². The highest BCUT2D eigenvalue weighted by Crippen LogP contribution is 2.13. The molecule has 0 bridgehead atoms. The molecule has 0 aromatic carbocycles. The summed E-state index contributed by atoms with van der Waals surface area (Å²) in [4.78, 5) is 23.1. The molecular formula is C17H29N5OS. The molecule has 1 aromatic rings. The lowest BCUT2D eigenvalue weighted by Crippen LogP contribution is -2.45. The Balaban J connectivity index is 1.84. The zero-order chi connectivity index (χ0) is 17.5. The summed E-state index contributed by atoms with van der Waals surface area (Å²) in [6.45, 7) is 11.1. The molecule has 1 atom stereocenters. The lowest BCUT2D eigenvalue weighted by Gasteiger charge is -2.20. The van der Waals surface area contributed by atoms with Gasteiger partial charge in [-0.3, -0.25) is 9.79 Å². The molecule has 2 heterocycles. The molecular weight excluding hydrogens is 322 g/mol. The zero-order valence-corrected chi connectivity index (χ0v) is 15.9. The van der Waals surface area contributed by atoms with E-state index in [0.29, 0.717) is 6.54 Å². The van der Waals surface area contributed by atoms with Gasteiger partial charge in [-0.05, 0) is 20.3 Å². The minimum absolute atomic E-state index is 0.0622. The number of guanidine groups is 1. The van der Waals surface area contributed by atoms with E-state index in [2.05, 4.69) is 32.9 Å². The van der Waals surface area contributed by atoms with E-state index in [9.17, 15) is 4.79 Å². The number of hydrogen-bond donors (Lipinski definition) is 2. The van der Waals surface area contributed by atoms with Crippen molar-refractivity contribution in [3.63, 3.8) is 0 Å². The van der Waals surface area contributed by atoms with E-state index >= 15 is 0 Å². The fourth-order valence-corrected chi connectivity index (χ4v) is 3.41. The van der Waals surface area contributed by atoms with Gasteiger partial charge in [-0.25, -0.2) is 4.98 Å². The number of nitrogens with one attached hydrogen (secondary N) is 2. The van der Waals surface area contributed by atoms with E-state index in [0.717, 1.165) is 49.1 Å². The van der Waals surface area contributed by atoms with Gasteiger partial charge in [-0.15, -0.1) is 11.3 Å². The second-order valence-corrected chi connectivity index (χ2v) is 7.50. The Morgan fingerprint density at radius 3 is 2.96 bits per heavy atom. The number of aryl methyl sites for hydroxylation is 1. The van der Waals surface area contributed by atoms with E-state index in [1.54, 1.807) is 11.3 Å². The summed E-state index contributed by atoms with van der Waals surface area (Å²) in [6, 6.07) is 0.270. The summed E-state index contributed by atoms with van der Waals surface area (Å²) >= 11 is 1.68. The predicted molar refractivity (Wildman–Crippen MR) is 99.5 cm³/mol. The molecule has 0 saturated carbocycles. The number of aromatic nitrogens is 1. The molecule has 1 unspecified atom stereocenters. The van der Waals surface area contributed by atoms with Gasteiger partial charge in [0.25, 0.3) is 0 Å². The maximum absolute atomic E-state index is 12.1. The van der Waals surface area contributed by atoms with Gasteiger partial charge < -0.3 is 15.5 Å². The molecule has 0 aliphatic carbocycles. The predicted octanol–water partition coefficient (Wildman–Crippen LogP) is 1.81. The average molecular weight is 352 g/mol. The first-order valence-electron chi connectivity index (χ1n) is 8.74. The topological polar surface area (TPSA) is 69.6 Å². The van der Waals surface area contributed by atoms with Crippen LogP contribution in [0.5, 0.6) is 0 Å². The number of thiazole rings is 1. The third-order valence-electron chi connectivity index (χ3n) is 3.98. The smallest absolute Gasteiger partial charge is 0.225 e. The largest absolute Gasteiger partial charge is 0.357 e. The Morgan fingerprint density at radius 2 is 2.33 bits per heavy atom. The van der Waals surface area contributed by atoms with Gasteiger partial charge in [-0.1, -0.05) is 13.8 Å². The van der Waals surface area contributed by atoms with E-state index in [-0.39, 0.29) is 17.9 Å². The van der Waals surface area contributed by atoms with Crippen molar-refractivity contribution in [2.24, 2.45) is 10.9 Å². The van der Waals surface area contributed by atoms with Crippen LogP contribution in [0.3, 0.4) is 0 Å². The highest BCUT2D eigenvalue weighted by Gasteiger charge is 2.27. The Hall–Kier alpha value is -1.63. The second kappa shape index (κ2) is 9.01. The average Bonchev–Trinajstić information content (AvgIpc) is 3.16. The standard InChI is InChI=1S/C17H29N5OS/c1-5-18-17(19-8-6-15-11-24-13(4)20-15)21-14-7-9-22(10-14)16(23)12(2)3/h11-12,14H,5-10H2,1-4H3,(H2,18,19,21). The summed E-state index contributed by atoms with van der Waals surface area (Å²) in [7, 11) is 0. The molecule has 2 N–H and O–H groups in total. The van der Waals surface area contributed by atoms with Crippen molar-refractivity contribution in [1.82, 2.24) is 20.5 Å². The number of rotatable bonds is 6. The van der Waals surface area contributed by atoms with Crippen LogP contribution in [-0.2, 0) is 11.2 Å². The summed E-state index contributed by atoms with van der Waals surface area (Å²) in [6.07, 6.45) is 1.82. The number of nitrogens with zero attached hydrogens (tertiary/aromatic N) is 3.